The number of carbonyl (C=O) groups is 1. The van der Waals surface area contributed by atoms with Crippen LogP contribution in [0.3, 0.4) is 0 Å². The van der Waals surface area contributed by atoms with E-state index in [0.717, 1.165) is 13.0 Å². The maximum absolute atomic E-state index is 12.1. The maximum Gasteiger partial charge on any atom is 0.289 e. The first kappa shape index (κ1) is 11.8. The van der Waals surface area contributed by atoms with Crippen LogP contribution in [0.25, 0.3) is 0 Å². The van der Waals surface area contributed by atoms with Gasteiger partial charge < -0.3 is 9.32 Å². The number of carbonyl (C=O) groups excluding carboxylic acids is 1. The molecule has 0 saturated carbocycles. The van der Waals surface area contributed by atoms with E-state index in [1.54, 1.807) is 17.0 Å². The van der Waals surface area contributed by atoms with Gasteiger partial charge in [0.1, 0.15) is 0 Å². The minimum atomic E-state index is -0.123. The van der Waals surface area contributed by atoms with Crippen molar-refractivity contribution in [2.24, 2.45) is 5.92 Å². The van der Waals surface area contributed by atoms with E-state index in [2.05, 4.69) is 6.92 Å². The summed E-state index contributed by atoms with van der Waals surface area (Å²) < 4.78 is 5.12. The summed E-state index contributed by atoms with van der Waals surface area (Å²) >= 11 is 11.5. The van der Waals surface area contributed by atoms with Gasteiger partial charge in [0.15, 0.2) is 11.0 Å². The number of nitrogens with zero attached hydrogens (tertiary/aromatic N) is 1. The Balaban J connectivity index is 2.16. The first-order valence-electron chi connectivity index (χ1n) is 5.25. The lowest BCUT2D eigenvalue weighted by Crippen LogP contribution is -2.38. The van der Waals surface area contributed by atoms with Gasteiger partial charge in [0, 0.05) is 18.5 Å². The van der Waals surface area contributed by atoms with Gasteiger partial charge in [-0.2, -0.15) is 0 Å². The van der Waals surface area contributed by atoms with Crippen LogP contribution in [0.5, 0.6) is 0 Å². The lowest BCUT2D eigenvalue weighted by molar-refractivity contribution is 0.0705. The largest absolute Gasteiger partial charge is 0.440 e. The molecule has 2 rings (SSSR count). The van der Waals surface area contributed by atoms with Crippen LogP contribution in [0.1, 0.15) is 23.9 Å². The van der Waals surface area contributed by atoms with E-state index in [4.69, 9.17) is 27.6 Å². The Morgan fingerprint density at radius 3 is 2.94 bits per heavy atom. The number of halogens is 2. The van der Waals surface area contributed by atoms with Gasteiger partial charge in [-0.15, -0.1) is 11.6 Å². The molecule has 1 fully saturated rings. The Bertz CT molecular complexity index is 391. The molecule has 2 unspecified atom stereocenters. The predicted octanol–water partition coefficient (Wildman–Crippen LogP) is 3.02. The molecular weight excluding hydrogens is 249 g/mol. The summed E-state index contributed by atoms with van der Waals surface area (Å²) in [7, 11) is 0. The average Bonchev–Trinajstić information content (AvgIpc) is 2.83. The molecule has 16 heavy (non-hydrogen) atoms. The number of furan rings is 1. The van der Waals surface area contributed by atoms with Crippen molar-refractivity contribution >= 4 is 29.1 Å². The van der Waals surface area contributed by atoms with Crippen molar-refractivity contribution in [3.05, 3.63) is 23.1 Å². The molecule has 0 spiro atoms. The topological polar surface area (TPSA) is 33.5 Å². The molecule has 88 valence electrons. The normalized spacial score (nSPS) is 25.1. The number of hydrogen-bond acceptors (Lipinski definition) is 2. The second-order valence-electron chi connectivity index (χ2n) is 4.09. The monoisotopic (exact) mass is 261 g/mol. The van der Waals surface area contributed by atoms with Crippen LogP contribution in [0.4, 0.5) is 0 Å². The molecule has 5 heteroatoms. The number of likely N-dealkylation sites (tertiary alicyclic amines) is 1. The van der Waals surface area contributed by atoms with Crippen molar-refractivity contribution in [1.29, 1.82) is 0 Å². The molecule has 1 aromatic heterocycles. The highest BCUT2D eigenvalue weighted by molar-refractivity contribution is 6.29. The molecule has 1 amide bonds. The van der Waals surface area contributed by atoms with E-state index < -0.39 is 0 Å². The van der Waals surface area contributed by atoms with E-state index in [-0.39, 0.29) is 22.9 Å². The van der Waals surface area contributed by atoms with Gasteiger partial charge >= 0.3 is 0 Å². The summed E-state index contributed by atoms with van der Waals surface area (Å²) in [5, 5.41) is 0.234. The highest BCUT2D eigenvalue weighted by Gasteiger charge is 2.35. The van der Waals surface area contributed by atoms with Crippen LogP contribution >= 0.6 is 23.2 Å². The second kappa shape index (κ2) is 4.68. The number of alkyl halides is 1. The Morgan fingerprint density at radius 1 is 1.62 bits per heavy atom. The SMILES string of the molecule is CC1CCN(C(=O)c2ccc(Cl)o2)C1CCl. The zero-order valence-corrected chi connectivity index (χ0v) is 10.5. The molecule has 1 saturated heterocycles. The van der Waals surface area contributed by atoms with Crippen LogP contribution in [-0.4, -0.2) is 29.3 Å². The predicted molar refractivity (Wildman–Crippen MR) is 63.0 cm³/mol. The molecule has 1 aliphatic rings. The minimum Gasteiger partial charge on any atom is -0.440 e. The van der Waals surface area contributed by atoms with Crippen molar-refractivity contribution in [3.63, 3.8) is 0 Å². The quantitative estimate of drug-likeness (QED) is 0.767. The minimum absolute atomic E-state index is 0.0954. The lowest BCUT2D eigenvalue weighted by Gasteiger charge is -2.24. The smallest absolute Gasteiger partial charge is 0.289 e. The number of amides is 1. The summed E-state index contributed by atoms with van der Waals surface area (Å²) in [6, 6.07) is 3.26. The highest BCUT2D eigenvalue weighted by Crippen LogP contribution is 2.27. The van der Waals surface area contributed by atoms with E-state index >= 15 is 0 Å². The fourth-order valence-electron chi connectivity index (χ4n) is 2.07. The molecule has 0 bridgehead atoms. The fourth-order valence-corrected chi connectivity index (χ4v) is 2.68. The van der Waals surface area contributed by atoms with Crippen LogP contribution in [0.2, 0.25) is 5.22 Å². The zero-order valence-electron chi connectivity index (χ0n) is 8.95. The van der Waals surface area contributed by atoms with Crippen LogP contribution in [-0.2, 0) is 0 Å². The van der Waals surface area contributed by atoms with E-state index in [1.165, 1.54) is 0 Å². The molecule has 1 aromatic rings. The molecule has 3 nitrogen and oxygen atoms in total. The first-order chi connectivity index (χ1) is 7.63. The van der Waals surface area contributed by atoms with Crippen LogP contribution in [0.15, 0.2) is 16.5 Å². The second-order valence-corrected chi connectivity index (χ2v) is 4.77. The molecule has 0 aliphatic carbocycles. The highest BCUT2D eigenvalue weighted by atomic mass is 35.5. The van der Waals surface area contributed by atoms with Gasteiger partial charge in [-0.25, -0.2) is 0 Å². The van der Waals surface area contributed by atoms with Crippen LogP contribution < -0.4 is 0 Å². The molecule has 1 aliphatic heterocycles. The van der Waals surface area contributed by atoms with E-state index in [0.29, 0.717) is 11.8 Å². The fraction of sp³-hybridized carbons (Fsp3) is 0.545. The Kier molecular flexibility index (Phi) is 3.45. The van der Waals surface area contributed by atoms with E-state index in [1.807, 2.05) is 0 Å². The number of hydrogen-bond donors (Lipinski definition) is 0. The summed E-state index contributed by atoms with van der Waals surface area (Å²) in [6.45, 7) is 2.84. The molecular formula is C11H13Cl2NO2. The maximum atomic E-state index is 12.1. The van der Waals surface area contributed by atoms with Gasteiger partial charge in [0.05, 0.1) is 0 Å². The number of rotatable bonds is 2. The zero-order chi connectivity index (χ0) is 11.7. The summed E-state index contributed by atoms with van der Waals surface area (Å²) in [4.78, 5) is 13.9. The van der Waals surface area contributed by atoms with Gasteiger partial charge in [-0.1, -0.05) is 6.92 Å². The molecule has 0 radical (unpaired) electrons. The summed E-state index contributed by atoms with van der Waals surface area (Å²) in [5.41, 5.74) is 0. The van der Waals surface area contributed by atoms with Crippen molar-refractivity contribution in [2.45, 2.75) is 19.4 Å². The third-order valence-corrected chi connectivity index (χ3v) is 3.60. The Labute approximate surface area is 104 Å². The van der Waals surface area contributed by atoms with Crippen molar-refractivity contribution < 1.29 is 9.21 Å². The molecule has 0 N–H and O–H groups in total. The van der Waals surface area contributed by atoms with Crippen LogP contribution in [0, 0.1) is 5.92 Å². The van der Waals surface area contributed by atoms with Gasteiger partial charge in [-0.05, 0) is 36.1 Å². The standard InChI is InChI=1S/C11H13Cl2NO2/c1-7-4-5-14(8(7)6-12)11(15)9-2-3-10(13)16-9/h2-3,7-8H,4-6H2,1H3. The Morgan fingerprint density at radius 2 is 2.38 bits per heavy atom. The van der Waals surface area contributed by atoms with Gasteiger partial charge in [0.2, 0.25) is 0 Å². The third-order valence-electron chi connectivity index (χ3n) is 3.09. The lowest BCUT2D eigenvalue weighted by atomic mass is 10.1. The average molecular weight is 262 g/mol. The van der Waals surface area contributed by atoms with Crippen molar-refractivity contribution in [2.75, 3.05) is 12.4 Å². The molecule has 2 atom stereocenters. The van der Waals surface area contributed by atoms with Crippen molar-refractivity contribution in [1.82, 2.24) is 4.90 Å². The third kappa shape index (κ3) is 2.06. The van der Waals surface area contributed by atoms with E-state index in [9.17, 15) is 4.79 Å². The Hall–Kier alpha value is -0.670. The van der Waals surface area contributed by atoms with Gasteiger partial charge in [-0.3, -0.25) is 4.79 Å². The van der Waals surface area contributed by atoms with Crippen molar-refractivity contribution in [3.8, 4) is 0 Å². The summed E-state index contributed by atoms with van der Waals surface area (Å²) in [6.07, 6.45) is 0.984. The molecule has 2 heterocycles. The summed E-state index contributed by atoms with van der Waals surface area (Å²) in [5.74, 6) is 1.06. The first-order valence-corrected chi connectivity index (χ1v) is 6.17. The molecule has 0 aromatic carbocycles. The van der Waals surface area contributed by atoms with Gasteiger partial charge in [0.25, 0.3) is 5.91 Å².